The summed E-state index contributed by atoms with van der Waals surface area (Å²) in [4.78, 5) is 17.1. The quantitative estimate of drug-likeness (QED) is 0.849. The van der Waals surface area contributed by atoms with Crippen molar-refractivity contribution >= 4 is 5.91 Å². The molecule has 1 heterocycles. The molecule has 21 heavy (non-hydrogen) atoms. The Morgan fingerprint density at radius 2 is 1.86 bits per heavy atom. The Morgan fingerprint density at radius 1 is 1.19 bits per heavy atom. The molecule has 2 fully saturated rings. The van der Waals surface area contributed by atoms with E-state index >= 15 is 0 Å². The molecular weight excluding hydrogens is 260 g/mol. The SMILES string of the molecule is Cc1ccccc1CC(=O)N1CCN(C(C)C2CC2)CC1. The fraction of sp³-hybridized carbons (Fsp3) is 0.611. The summed E-state index contributed by atoms with van der Waals surface area (Å²) in [6.07, 6.45) is 3.34. The van der Waals surface area contributed by atoms with Crippen molar-refractivity contribution in [1.82, 2.24) is 9.80 Å². The molecule has 0 spiro atoms. The van der Waals surface area contributed by atoms with Crippen LogP contribution in [0.15, 0.2) is 24.3 Å². The molecule has 1 amide bonds. The molecule has 1 saturated carbocycles. The van der Waals surface area contributed by atoms with Crippen molar-refractivity contribution in [2.75, 3.05) is 26.2 Å². The van der Waals surface area contributed by atoms with Gasteiger partial charge in [-0.1, -0.05) is 24.3 Å². The minimum Gasteiger partial charge on any atom is -0.340 e. The average Bonchev–Trinajstić information content (AvgIpc) is 3.34. The molecule has 0 bridgehead atoms. The minimum atomic E-state index is 0.281. The van der Waals surface area contributed by atoms with E-state index in [1.54, 1.807) is 0 Å². The van der Waals surface area contributed by atoms with Crippen molar-refractivity contribution < 1.29 is 4.79 Å². The number of amides is 1. The van der Waals surface area contributed by atoms with Crippen LogP contribution in [0, 0.1) is 12.8 Å². The van der Waals surface area contributed by atoms with Crippen molar-refractivity contribution in [3.63, 3.8) is 0 Å². The first kappa shape index (κ1) is 14.6. The lowest BCUT2D eigenvalue weighted by atomic mass is 10.0. The molecule has 1 atom stereocenters. The molecule has 1 aromatic carbocycles. The molecule has 1 aliphatic heterocycles. The predicted molar refractivity (Wildman–Crippen MR) is 85.2 cm³/mol. The van der Waals surface area contributed by atoms with Gasteiger partial charge in [0, 0.05) is 32.2 Å². The zero-order chi connectivity index (χ0) is 14.8. The fourth-order valence-corrected chi connectivity index (χ4v) is 3.34. The van der Waals surface area contributed by atoms with Gasteiger partial charge in [-0.25, -0.2) is 0 Å². The Hall–Kier alpha value is -1.35. The maximum Gasteiger partial charge on any atom is 0.227 e. The molecule has 1 unspecified atom stereocenters. The van der Waals surface area contributed by atoms with E-state index in [1.807, 2.05) is 17.0 Å². The highest BCUT2D eigenvalue weighted by Crippen LogP contribution is 2.35. The van der Waals surface area contributed by atoms with Gasteiger partial charge in [0.1, 0.15) is 0 Å². The number of carbonyl (C=O) groups is 1. The third-order valence-corrected chi connectivity index (χ3v) is 5.15. The number of carbonyl (C=O) groups excluding carboxylic acids is 1. The van der Waals surface area contributed by atoms with Crippen LogP contribution < -0.4 is 0 Å². The Bertz CT molecular complexity index is 502. The number of piperazine rings is 1. The predicted octanol–water partition coefficient (Wildman–Crippen LogP) is 2.48. The van der Waals surface area contributed by atoms with Gasteiger partial charge in [0.05, 0.1) is 6.42 Å². The largest absolute Gasteiger partial charge is 0.340 e. The van der Waals surface area contributed by atoms with Crippen LogP contribution in [-0.2, 0) is 11.2 Å². The smallest absolute Gasteiger partial charge is 0.227 e. The van der Waals surface area contributed by atoms with Gasteiger partial charge in [-0.2, -0.15) is 0 Å². The van der Waals surface area contributed by atoms with Gasteiger partial charge in [-0.05, 0) is 43.7 Å². The Balaban J connectivity index is 1.52. The molecular formula is C18H26N2O. The zero-order valence-electron chi connectivity index (χ0n) is 13.2. The summed E-state index contributed by atoms with van der Waals surface area (Å²) in [6.45, 7) is 8.29. The van der Waals surface area contributed by atoms with E-state index in [-0.39, 0.29) is 5.91 Å². The first-order valence-electron chi connectivity index (χ1n) is 8.21. The molecule has 3 nitrogen and oxygen atoms in total. The lowest BCUT2D eigenvalue weighted by Gasteiger charge is -2.38. The number of hydrogen-bond donors (Lipinski definition) is 0. The van der Waals surface area contributed by atoms with Gasteiger partial charge >= 0.3 is 0 Å². The molecule has 0 aromatic heterocycles. The van der Waals surface area contributed by atoms with Crippen molar-refractivity contribution in [1.29, 1.82) is 0 Å². The van der Waals surface area contributed by atoms with E-state index in [0.717, 1.165) is 37.7 Å². The highest BCUT2D eigenvalue weighted by molar-refractivity contribution is 5.79. The van der Waals surface area contributed by atoms with Crippen LogP contribution >= 0.6 is 0 Å². The van der Waals surface area contributed by atoms with E-state index in [4.69, 9.17) is 0 Å². The minimum absolute atomic E-state index is 0.281. The van der Waals surface area contributed by atoms with Crippen LogP contribution in [0.4, 0.5) is 0 Å². The highest BCUT2D eigenvalue weighted by Gasteiger charge is 2.33. The number of rotatable bonds is 4. The summed E-state index contributed by atoms with van der Waals surface area (Å²) < 4.78 is 0. The van der Waals surface area contributed by atoms with Crippen molar-refractivity contribution in [3.05, 3.63) is 35.4 Å². The van der Waals surface area contributed by atoms with Crippen LogP contribution in [-0.4, -0.2) is 47.9 Å². The zero-order valence-corrected chi connectivity index (χ0v) is 13.2. The van der Waals surface area contributed by atoms with Crippen molar-refractivity contribution in [2.24, 2.45) is 5.92 Å². The molecule has 2 aliphatic rings. The fourth-order valence-electron chi connectivity index (χ4n) is 3.34. The number of benzene rings is 1. The van der Waals surface area contributed by atoms with Gasteiger partial charge in [0.2, 0.25) is 5.91 Å². The van der Waals surface area contributed by atoms with E-state index in [1.165, 1.54) is 18.4 Å². The van der Waals surface area contributed by atoms with E-state index in [2.05, 4.69) is 30.9 Å². The maximum atomic E-state index is 12.4. The number of hydrogen-bond acceptors (Lipinski definition) is 2. The van der Waals surface area contributed by atoms with Crippen LogP contribution in [0.2, 0.25) is 0 Å². The molecule has 1 aliphatic carbocycles. The molecule has 0 radical (unpaired) electrons. The van der Waals surface area contributed by atoms with Crippen LogP contribution in [0.3, 0.4) is 0 Å². The molecule has 3 heteroatoms. The van der Waals surface area contributed by atoms with Gasteiger partial charge in [0.25, 0.3) is 0 Å². The molecule has 1 saturated heterocycles. The Labute approximate surface area is 127 Å². The number of aryl methyl sites for hydroxylation is 1. The van der Waals surface area contributed by atoms with Gasteiger partial charge in [0.15, 0.2) is 0 Å². The normalized spacial score (nSPS) is 21.3. The average molecular weight is 286 g/mol. The molecule has 114 valence electrons. The van der Waals surface area contributed by atoms with Crippen LogP contribution in [0.5, 0.6) is 0 Å². The summed E-state index contributed by atoms with van der Waals surface area (Å²) in [6, 6.07) is 8.90. The van der Waals surface area contributed by atoms with Gasteiger partial charge in [-0.15, -0.1) is 0 Å². The molecule has 3 rings (SSSR count). The third-order valence-electron chi connectivity index (χ3n) is 5.15. The Morgan fingerprint density at radius 3 is 2.48 bits per heavy atom. The summed E-state index contributed by atoms with van der Waals surface area (Å²) in [5.74, 6) is 1.20. The molecule has 0 N–H and O–H groups in total. The van der Waals surface area contributed by atoms with Gasteiger partial charge < -0.3 is 4.90 Å². The topological polar surface area (TPSA) is 23.6 Å². The second kappa shape index (κ2) is 6.18. The second-order valence-corrected chi connectivity index (χ2v) is 6.60. The number of nitrogens with zero attached hydrogens (tertiary/aromatic N) is 2. The standard InChI is InChI=1S/C18H26N2O/c1-14-5-3-4-6-17(14)13-18(21)20-11-9-19(10-12-20)15(2)16-7-8-16/h3-6,15-16H,7-13H2,1-2H3. The van der Waals surface area contributed by atoms with Crippen LogP contribution in [0.25, 0.3) is 0 Å². The Kier molecular flexibility index (Phi) is 4.29. The lowest BCUT2D eigenvalue weighted by Crippen LogP contribution is -2.52. The summed E-state index contributed by atoms with van der Waals surface area (Å²) in [5.41, 5.74) is 2.38. The maximum absolute atomic E-state index is 12.4. The van der Waals surface area contributed by atoms with E-state index < -0.39 is 0 Å². The lowest BCUT2D eigenvalue weighted by molar-refractivity contribution is -0.132. The molecule has 1 aromatic rings. The second-order valence-electron chi connectivity index (χ2n) is 6.60. The summed E-state index contributed by atoms with van der Waals surface area (Å²) in [7, 11) is 0. The first-order valence-corrected chi connectivity index (χ1v) is 8.21. The highest BCUT2D eigenvalue weighted by atomic mass is 16.2. The first-order chi connectivity index (χ1) is 10.1. The van der Waals surface area contributed by atoms with E-state index in [9.17, 15) is 4.79 Å². The summed E-state index contributed by atoms with van der Waals surface area (Å²) in [5, 5.41) is 0. The third kappa shape index (κ3) is 3.46. The monoisotopic (exact) mass is 286 g/mol. The van der Waals surface area contributed by atoms with Gasteiger partial charge in [-0.3, -0.25) is 9.69 Å². The van der Waals surface area contributed by atoms with Crippen molar-refractivity contribution in [2.45, 2.75) is 39.2 Å². The van der Waals surface area contributed by atoms with Crippen molar-refractivity contribution in [3.8, 4) is 0 Å². The van der Waals surface area contributed by atoms with E-state index in [0.29, 0.717) is 12.5 Å². The van der Waals surface area contributed by atoms with Crippen LogP contribution in [0.1, 0.15) is 30.9 Å². The summed E-state index contributed by atoms with van der Waals surface area (Å²) >= 11 is 0.